The van der Waals surface area contributed by atoms with Crippen molar-refractivity contribution in [1.82, 2.24) is 0 Å². The van der Waals surface area contributed by atoms with Crippen LogP contribution in [-0.4, -0.2) is 23.7 Å². The van der Waals surface area contributed by atoms with Gasteiger partial charge in [0.05, 0.1) is 11.7 Å². The zero-order valence-electron chi connectivity index (χ0n) is 11.2. The van der Waals surface area contributed by atoms with Gasteiger partial charge < -0.3 is 10.5 Å². The van der Waals surface area contributed by atoms with E-state index in [2.05, 4.69) is 0 Å². The number of hydrogen-bond acceptors (Lipinski definition) is 3. The lowest BCUT2D eigenvalue weighted by atomic mass is 10.1. The summed E-state index contributed by atoms with van der Waals surface area (Å²) in [5, 5.41) is 0.381. The Morgan fingerprint density at radius 1 is 1.45 bits per heavy atom. The lowest BCUT2D eigenvalue weighted by Gasteiger charge is -2.18. The third-order valence-corrected chi connectivity index (χ3v) is 5.04. The highest BCUT2D eigenvalue weighted by Crippen LogP contribution is 2.32. The first-order chi connectivity index (χ1) is 9.38. The van der Waals surface area contributed by atoms with Crippen LogP contribution in [0.3, 0.4) is 0 Å². The van der Waals surface area contributed by atoms with Crippen LogP contribution in [-0.2, 0) is 10.9 Å². The van der Waals surface area contributed by atoms with Crippen LogP contribution >= 0.6 is 11.8 Å². The second-order valence-corrected chi connectivity index (χ2v) is 6.24. The van der Waals surface area contributed by atoms with Crippen LogP contribution in [0.4, 0.5) is 13.2 Å². The fourth-order valence-electron chi connectivity index (χ4n) is 2.20. The molecule has 20 heavy (non-hydrogen) atoms. The minimum atomic E-state index is -4.32. The Bertz CT molecular complexity index is 452. The Balaban J connectivity index is 1.97. The molecule has 0 bridgehead atoms. The molecule has 0 aliphatic carbocycles. The third-order valence-electron chi connectivity index (χ3n) is 3.44. The molecule has 2 nitrogen and oxygen atoms in total. The number of halogens is 3. The van der Waals surface area contributed by atoms with Gasteiger partial charge in [-0.1, -0.05) is 12.1 Å². The Hall–Kier alpha value is -0.720. The van der Waals surface area contributed by atoms with Gasteiger partial charge in [0, 0.05) is 23.7 Å². The molecule has 2 N–H and O–H groups in total. The zero-order chi connectivity index (χ0) is 14.8. The van der Waals surface area contributed by atoms with Crippen molar-refractivity contribution in [3.63, 3.8) is 0 Å². The maximum atomic E-state index is 12.7. The van der Waals surface area contributed by atoms with Crippen molar-refractivity contribution in [2.24, 2.45) is 5.73 Å². The smallest absolute Gasteiger partial charge is 0.377 e. The van der Waals surface area contributed by atoms with Gasteiger partial charge in [0.15, 0.2) is 0 Å². The molecule has 1 aliphatic heterocycles. The number of rotatable bonds is 4. The lowest BCUT2D eigenvalue weighted by Crippen LogP contribution is -2.19. The summed E-state index contributed by atoms with van der Waals surface area (Å²) < 4.78 is 43.4. The van der Waals surface area contributed by atoms with E-state index in [9.17, 15) is 13.2 Å². The van der Waals surface area contributed by atoms with Crippen molar-refractivity contribution in [3.8, 4) is 0 Å². The molecule has 0 spiro atoms. The zero-order valence-corrected chi connectivity index (χ0v) is 12.0. The Kier molecular flexibility index (Phi) is 4.99. The van der Waals surface area contributed by atoms with E-state index >= 15 is 0 Å². The number of ether oxygens (including phenoxy) is 1. The van der Waals surface area contributed by atoms with E-state index in [1.807, 2.05) is 6.92 Å². The van der Waals surface area contributed by atoms with E-state index in [1.165, 1.54) is 6.07 Å². The topological polar surface area (TPSA) is 35.2 Å². The summed E-state index contributed by atoms with van der Waals surface area (Å²) in [5.41, 5.74) is 5.88. The molecule has 1 heterocycles. The summed E-state index contributed by atoms with van der Waals surface area (Å²) in [5.74, 6) is 0.597. The highest BCUT2D eigenvalue weighted by atomic mass is 32.2. The summed E-state index contributed by atoms with van der Waals surface area (Å²) in [4.78, 5) is 0. The van der Waals surface area contributed by atoms with Gasteiger partial charge in [0.1, 0.15) is 0 Å². The SMILES string of the molecule is CC1OCCC1SCC(N)c1cccc(C(F)(F)F)c1. The molecule has 112 valence electrons. The molecule has 0 saturated carbocycles. The summed E-state index contributed by atoms with van der Waals surface area (Å²) in [6.45, 7) is 2.76. The van der Waals surface area contributed by atoms with E-state index in [4.69, 9.17) is 10.5 Å². The minimum Gasteiger partial charge on any atom is -0.377 e. The fourth-order valence-corrected chi connectivity index (χ4v) is 3.46. The average Bonchev–Trinajstić information content (AvgIpc) is 2.81. The van der Waals surface area contributed by atoms with Gasteiger partial charge >= 0.3 is 6.18 Å². The Labute approximate surface area is 120 Å². The van der Waals surface area contributed by atoms with Crippen LogP contribution in [0.1, 0.15) is 30.5 Å². The first-order valence-electron chi connectivity index (χ1n) is 6.54. The van der Waals surface area contributed by atoms with Gasteiger partial charge in [-0.3, -0.25) is 0 Å². The maximum absolute atomic E-state index is 12.7. The predicted molar refractivity (Wildman–Crippen MR) is 74.6 cm³/mol. The number of alkyl halides is 3. The lowest BCUT2D eigenvalue weighted by molar-refractivity contribution is -0.137. The summed E-state index contributed by atoms with van der Waals surface area (Å²) in [6.07, 6.45) is -3.16. The molecule has 6 heteroatoms. The highest BCUT2D eigenvalue weighted by molar-refractivity contribution is 8.00. The largest absolute Gasteiger partial charge is 0.416 e. The van der Waals surface area contributed by atoms with E-state index in [0.29, 0.717) is 16.6 Å². The quantitative estimate of drug-likeness (QED) is 0.923. The van der Waals surface area contributed by atoms with E-state index in [-0.39, 0.29) is 6.10 Å². The molecular weight excluding hydrogens is 287 g/mol. The first kappa shape index (κ1) is 15.7. The van der Waals surface area contributed by atoms with Crippen LogP contribution in [0.5, 0.6) is 0 Å². The van der Waals surface area contributed by atoms with Crippen LogP contribution < -0.4 is 5.73 Å². The molecule has 0 radical (unpaired) electrons. The van der Waals surface area contributed by atoms with E-state index in [0.717, 1.165) is 25.2 Å². The number of benzene rings is 1. The van der Waals surface area contributed by atoms with Crippen LogP contribution in [0.2, 0.25) is 0 Å². The van der Waals surface area contributed by atoms with Gasteiger partial charge in [-0.05, 0) is 31.0 Å². The minimum absolute atomic E-state index is 0.189. The van der Waals surface area contributed by atoms with Crippen molar-refractivity contribution in [1.29, 1.82) is 0 Å². The Morgan fingerprint density at radius 3 is 2.80 bits per heavy atom. The first-order valence-corrected chi connectivity index (χ1v) is 7.59. The number of hydrogen-bond donors (Lipinski definition) is 1. The molecule has 2 rings (SSSR count). The molecule has 1 aromatic carbocycles. The average molecular weight is 305 g/mol. The monoisotopic (exact) mass is 305 g/mol. The second-order valence-electron chi connectivity index (χ2n) is 4.97. The summed E-state index contributed by atoms with van der Waals surface area (Å²) in [7, 11) is 0. The molecule has 1 aromatic rings. The third kappa shape index (κ3) is 3.90. The van der Waals surface area contributed by atoms with E-state index < -0.39 is 17.8 Å². The van der Waals surface area contributed by atoms with Gasteiger partial charge in [-0.15, -0.1) is 0 Å². The van der Waals surface area contributed by atoms with Crippen molar-refractivity contribution in [3.05, 3.63) is 35.4 Å². The summed E-state index contributed by atoms with van der Waals surface area (Å²) in [6, 6.07) is 4.87. The van der Waals surface area contributed by atoms with Crippen LogP contribution in [0, 0.1) is 0 Å². The molecule has 0 aromatic heterocycles. The molecule has 3 atom stereocenters. The van der Waals surface area contributed by atoms with Crippen LogP contribution in [0.15, 0.2) is 24.3 Å². The van der Waals surface area contributed by atoms with Gasteiger partial charge in [-0.25, -0.2) is 0 Å². The highest BCUT2D eigenvalue weighted by Gasteiger charge is 2.31. The van der Waals surface area contributed by atoms with Crippen molar-refractivity contribution in [2.45, 2.75) is 36.9 Å². The van der Waals surface area contributed by atoms with Gasteiger partial charge in [0.2, 0.25) is 0 Å². The Morgan fingerprint density at radius 2 is 2.20 bits per heavy atom. The number of thioether (sulfide) groups is 1. The standard InChI is InChI=1S/C14H18F3NOS/c1-9-13(5-6-19-9)20-8-12(18)10-3-2-4-11(7-10)14(15,16)17/h2-4,7,9,12-13H,5-6,8,18H2,1H3. The van der Waals surface area contributed by atoms with Crippen LogP contribution in [0.25, 0.3) is 0 Å². The molecule has 1 aliphatic rings. The fraction of sp³-hybridized carbons (Fsp3) is 0.571. The van der Waals surface area contributed by atoms with Crippen molar-refractivity contribution >= 4 is 11.8 Å². The maximum Gasteiger partial charge on any atom is 0.416 e. The van der Waals surface area contributed by atoms with Crippen molar-refractivity contribution < 1.29 is 17.9 Å². The summed E-state index contributed by atoms with van der Waals surface area (Å²) >= 11 is 1.68. The predicted octanol–water partition coefficient (Wildman–Crippen LogP) is 3.62. The number of nitrogens with two attached hydrogens (primary N) is 1. The second kappa shape index (κ2) is 6.37. The molecule has 1 fully saturated rings. The van der Waals surface area contributed by atoms with Gasteiger partial charge in [-0.2, -0.15) is 24.9 Å². The molecular formula is C14H18F3NOS. The van der Waals surface area contributed by atoms with Crippen molar-refractivity contribution in [2.75, 3.05) is 12.4 Å². The van der Waals surface area contributed by atoms with Gasteiger partial charge in [0.25, 0.3) is 0 Å². The van der Waals surface area contributed by atoms with E-state index in [1.54, 1.807) is 17.8 Å². The molecule has 1 saturated heterocycles. The normalized spacial score (nSPS) is 24.9. The molecule has 3 unspecified atom stereocenters. The molecule has 0 amide bonds.